The lowest BCUT2D eigenvalue weighted by atomic mass is 9.75. The zero-order valence-corrected chi connectivity index (χ0v) is 22.4. The standard InChI is InChI=1S/C31H29BN2O2S/c1-21(35)25(29(36)33(23-14-8-5-9-15-23)20-22-12-6-4-7-13-22)18-24-19-27-30(37-24)34(32)28-17-11-10-16-26(28)31(27,2)3/h4-19H,20,32H2,1-3H3/b25-18-. The number of anilines is 3. The molecule has 0 bridgehead atoms. The molecule has 0 aliphatic carbocycles. The number of amides is 1. The zero-order chi connectivity index (χ0) is 26.2. The van der Waals surface area contributed by atoms with Gasteiger partial charge in [0, 0.05) is 21.7 Å². The number of fused-ring (bicyclic) bond motifs is 2. The van der Waals surface area contributed by atoms with Gasteiger partial charge in [-0.1, -0.05) is 80.6 Å². The second-order valence-corrected chi connectivity index (χ2v) is 11.0. The molecule has 1 aliphatic rings. The summed E-state index contributed by atoms with van der Waals surface area (Å²) < 4.78 is 0. The molecule has 1 aliphatic heterocycles. The van der Waals surface area contributed by atoms with Gasteiger partial charge in [-0.05, 0) is 54.0 Å². The van der Waals surface area contributed by atoms with Gasteiger partial charge < -0.3 is 9.71 Å². The van der Waals surface area contributed by atoms with Crippen molar-refractivity contribution in [3.05, 3.63) is 118 Å². The van der Waals surface area contributed by atoms with Crippen LogP contribution in [0.4, 0.5) is 16.4 Å². The number of rotatable bonds is 6. The Morgan fingerprint density at radius 3 is 2.22 bits per heavy atom. The maximum absolute atomic E-state index is 13.9. The third-order valence-corrected chi connectivity index (χ3v) is 8.20. The Labute approximate surface area is 223 Å². The van der Waals surface area contributed by atoms with Gasteiger partial charge >= 0.3 is 0 Å². The van der Waals surface area contributed by atoms with Crippen LogP contribution in [0.5, 0.6) is 0 Å². The van der Waals surface area contributed by atoms with Crippen molar-refractivity contribution in [3.63, 3.8) is 0 Å². The molecule has 0 unspecified atom stereocenters. The molecule has 5 rings (SSSR count). The van der Waals surface area contributed by atoms with Gasteiger partial charge in [-0.3, -0.25) is 9.59 Å². The highest BCUT2D eigenvalue weighted by atomic mass is 32.1. The predicted octanol–water partition coefficient (Wildman–Crippen LogP) is 6.28. The first kappa shape index (κ1) is 24.8. The van der Waals surface area contributed by atoms with E-state index in [9.17, 15) is 9.59 Å². The van der Waals surface area contributed by atoms with Crippen LogP contribution in [0.3, 0.4) is 0 Å². The molecule has 4 aromatic rings. The largest absolute Gasteiger partial charge is 0.385 e. The van der Waals surface area contributed by atoms with Crippen LogP contribution < -0.4 is 9.71 Å². The van der Waals surface area contributed by atoms with Crippen LogP contribution in [-0.4, -0.2) is 19.7 Å². The second kappa shape index (κ2) is 9.87. The highest BCUT2D eigenvalue weighted by molar-refractivity contribution is 7.17. The van der Waals surface area contributed by atoms with Crippen molar-refractivity contribution >= 4 is 53.5 Å². The molecule has 6 heteroatoms. The van der Waals surface area contributed by atoms with E-state index < -0.39 is 0 Å². The average molecular weight is 504 g/mol. The first-order valence-electron chi connectivity index (χ1n) is 12.4. The second-order valence-electron chi connectivity index (χ2n) is 9.90. The molecular weight excluding hydrogens is 475 g/mol. The topological polar surface area (TPSA) is 40.6 Å². The summed E-state index contributed by atoms with van der Waals surface area (Å²) in [4.78, 5) is 31.6. The SMILES string of the molecule is BN1c2ccccc2C(C)(C)c2cc(/C=C(/C(C)=O)C(=O)N(Cc3ccccc3)c3ccccc3)sc21. The monoisotopic (exact) mass is 504 g/mol. The van der Waals surface area contributed by atoms with Crippen LogP contribution in [0.15, 0.2) is 96.6 Å². The molecule has 0 atom stereocenters. The molecule has 0 saturated heterocycles. The van der Waals surface area contributed by atoms with E-state index in [4.69, 9.17) is 0 Å². The predicted molar refractivity (Wildman–Crippen MR) is 156 cm³/mol. The number of Topliss-reactive ketones (excluding diaryl/α,β-unsaturated/α-hetero) is 1. The Morgan fingerprint density at radius 2 is 1.54 bits per heavy atom. The van der Waals surface area contributed by atoms with Gasteiger partial charge in [0.05, 0.1) is 17.1 Å². The minimum Gasteiger partial charge on any atom is -0.385 e. The number of carbonyl (C=O) groups excluding carboxylic acids is 2. The minimum absolute atomic E-state index is 0.177. The summed E-state index contributed by atoms with van der Waals surface area (Å²) >= 11 is 1.61. The number of carbonyl (C=O) groups is 2. The van der Waals surface area contributed by atoms with Gasteiger partial charge in [0.15, 0.2) is 5.78 Å². The molecular formula is C31H29BN2O2S. The van der Waals surface area contributed by atoms with Crippen molar-refractivity contribution in [3.8, 4) is 0 Å². The number of hydrogen-bond acceptors (Lipinski definition) is 4. The van der Waals surface area contributed by atoms with Crippen molar-refractivity contribution < 1.29 is 9.59 Å². The molecule has 0 fully saturated rings. The van der Waals surface area contributed by atoms with Gasteiger partial charge in [-0.2, -0.15) is 0 Å². The Morgan fingerprint density at radius 1 is 0.919 bits per heavy atom. The Balaban J connectivity index is 1.56. The van der Waals surface area contributed by atoms with Crippen molar-refractivity contribution in [1.29, 1.82) is 0 Å². The highest BCUT2D eigenvalue weighted by Gasteiger charge is 2.36. The van der Waals surface area contributed by atoms with Gasteiger partial charge in [-0.25, -0.2) is 0 Å². The maximum Gasteiger partial charge on any atom is 0.262 e. The normalized spacial score (nSPS) is 14.0. The van der Waals surface area contributed by atoms with E-state index in [2.05, 4.69) is 57.0 Å². The zero-order valence-electron chi connectivity index (χ0n) is 21.6. The fraction of sp³-hybridized carbons (Fsp3) is 0.161. The number of para-hydroxylation sites is 2. The molecule has 37 heavy (non-hydrogen) atoms. The summed E-state index contributed by atoms with van der Waals surface area (Å²) in [7, 11) is 2.07. The van der Waals surface area contributed by atoms with Crippen LogP contribution >= 0.6 is 11.3 Å². The summed E-state index contributed by atoms with van der Waals surface area (Å²) in [5.41, 5.74) is 5.38. The summed E-state index contributed by atoms with van der Waals surface area (Å²) in [6, 6.07) is 29.9. The maximum atomic E-state index is 13.9. The van der Waals surface area contributed by atoms with E-state index in [0.717, 1.165) is 21.1 Å². The third kappa shape index (κ3) is 4.65. The summed E-state index contributed by atoms with van der Waals surface area (Å²) in [6.45, 7) is 6.30. The molecule has 2 heterocycles. The first-order chi connectivity index (χ1) is 17.8. The van der Waals surface area contributed by atoms with E-state index in [1.807, 2.05) is 60.7 Å². The van der Waals surface area contributed by atoms with Crippen molar-refractivity contribution in [1.82, 2.24) is 0 Å². The summed E-state index contributed by atoms with van der Waals surface area (Å²) in [5, 5.41) is 1.13. The minimum atomic E-state index is -0.301. The Bertz CT molecular complexity index is 1490. The highest BCUT2D eigenvalue weighted by Crippen LogP contribution is 2.51. The third-order valence-electron chi connectivity index (χ3n) is 7.04. The first-order valence-corrected chi connectivity index (χ1v) is 13.2. The van der Waals surface area contributed by atoms with Crippen molar-refractivity contribution in [2.24, 2.45) is 0 Å². The molecule has 0 radical (unpaired) electrons. The molecule has 184 valence electrons. The van der Waals surface area contributed by atoms with Crippen molar-refractivity contribution in [2.75, 3.05) is 9.71 Å². The fourth-order valence-electron chi connectivity index (χ4n) is 4.97. The average Bonchev–Trinajstić information content (AvgIpc) is 3.35. The van der Waals surface area contributed by atoms with Gasteiger partial charge in [0.25, 0.3) is 5.91 Å². The van der Waals surface area contributed by atoms with Gasteiger partial charge in [0.2, 0.25) is 7.98 Å². The van der Waals surface area contributed by atoms with Crippen LogP contribution in [0, 0.1) is 0 Å². The van der Waals surface area contributed by atoms with Crippen molar-refractivity contribution in [2.45, 2.75) is 32.7 Å². The quantitative estimate of drug-likeness (QED) is 0.134. The molecule has 1 amide bonds. The van der Waals surface area contributed by atoms with Gasteiger partial charge in [0.1, 0.15) is 0 Å². The number of hydrogen-bond donors (Lipinski definition) is 0. The molecule has 0 saturated carbocycles. The van der Waals surface area contributed by atoms with Crippen LogP contribution in [-0.2, 0) is 21.5 Å². The van der Waals surface area contributed by atoms with Crippen LogP contribution in [0.2, 0.25) is 0 Å². The fourth-order valence-corrected chi connectivity index (χ4v) is 6.21. The van der Waals surface area contributed by atoms with E-state index in [1.54, 1.807) is 22.3 Å². The van der Waals surface area contributed by atoms with E-state index in [0.29, 0.717) is 6.54 Å². The van der Waals surface area contributed by atoms with Crippen LogP contribution in [0.1, 0.15) is 42.3 Å². The number of benzene rings is 3. The Hall–Kier alpha value is -3.90. The van der Waals surface area contributed by atoms with Crippen LogP contribution in [0.25, 0.3) is 6.08 Å². The smallest absolute Gasteiger partial charge is 0.262 e. The molecule has 3 aromatic carbocycles. The lowest BCUT2D eigenvalue weighted by molar-refractivity contribution is -0.120. The number of nitrogens with zero attached hydrogens (tertiary/aromatic N) is 2. The lowest BCUT2D eigenvalue weighted by Crippen LogP contribution is -2.33. The summed E-state index contributed by atoms with van der Waals surface area (Å²) in [6.07, 6.45) is 1.77. The van der Waals surface area contributed by atoms with E-state index in [-0.39, 0.29) is 22.7 Å². The molecule has 0 N–H and O–H groups in total. The lowest BCUT2D eigenvalue weighted by Gasteiger charge is -2.38. The molecule has 1 aromatic heterocycles. The van der Waals surface area contributed by atoms with E-state index >= 15 is 0 Å². The van der Waals surface area contributed by atoms with E-state index in [1.165, 1.54) is 23.7 Å². The Kier molecular flexibility index (Phi) is 6.61. The molecule has 4 nitrogen and oxygen atoms in total. The number of ketones is 1. The number of thiophene rings is 1. The summed E-state index contributed by atoms with van der Waals surface area (Å²) in [5.74, 6) is -0.550. The van der Waals surface area contributed by atoms with Gasteiger partial charge in [-0.15, -0.1) is 11.3 Å². The molecule has 0 spiro atoms.